The number of methoxy groups -OCH3 is 1. The molecule has 166 valence electrons. The van der Waals surface area contributed by atoms with Gasteiger partial charge < -0.3 is 9.64 Å². The third kappa shape index (κ3) is 5.21. The lowest BCUT2D eigenvalue weighted by Crippen LogP contribution is -2.41. The summed E-state index contributed by atoms with van der Waals surface area (Å²) in [7, 11) is 1.65. The molecule has 0 aliphatic rings. The zero-order valence-electron chi connectivity index (χ0n) is 18.9. The van der Waals surface area contributed by atoms with Gasteiger partial charge in [0, 0.05) is 18.3 Å². The number of anilines is 2. The minimum atomic E-state index is -0.155. The average molecular weight is 438 g/mol. The van der Waals surface area contributed by atoms with Crippen molar-refractivity contribution in [3.8, 4) is 5.75 Å². The number of carbonyl (C=O) groups excluding carboxylic acids is 1. The Hall–Kier alpha value is -4.12. The molecule has 2 amide bonds. The second-order valence-electron chi connectivity index (χ2n) is 7.75. The summed E-state index contributed by atoms with van der Waals surface area (Å²) in [5, 5.41) is 0. The Morgan fingerprint density at radius 1 is 0.818 bits per heavy atom. The number of nitrogens with zero attached hydrogens (tertiary/aromatic N) is 3. The highest BCUT2D eigenvalue weighted by atomic mass is 16.5. The fourth-order valence-corrected chi connectivity index (χ4v) is 3.79. The molecule has 0 fully saturated rings. The van der Waals surface area contributed by atoms with Gasteiger partial charge in [-0.2, -0.15) is 0 Å². The molecule has 1 heterocycles. The molecule has 33 heavy (non-hydrogen) atoms. The summed E-state index contributed by atoms with van der Waals surface area (Å²) >= 11 is 0. The van der Waals surface area contributed by atoms with Gasteiger partial charge in [-0.15, -0.1) is 0 Å². The van der Waals surface area contributed by atoms with Crippen molar-refractivity contribution >= 4 is 17.5 Å². The lowest BCUT2D eigenvalue weighted by atomic mass is 10.1. The van der Waals surface area contributed by atoms with Gasteiger partial charge in [-0.1, -0.05) is 72.8 Å². The second kappa shape index (κ2) is 10.5. The maximum absolute atomic E-state index is 14.2. The highest BCUT2D eigenvalue weighted by Crippen LogP contribution is 2.29. The van der Waals surface area contributed by atoms with Crippen LogP contribution in [0.4, 0.5) is 16.3 Å². The fourth-order valence-electron chi connectivity index (χ4n) is 3.79. The molecule has 0 saturated carbocycles. The molecule has 0 bridgehead atoms. The second-order valence-corrected chi connectivity index (χ2v) is 7.75. The molecule has 0 atom stereocenters. The number of ether oxygens (including phenoxy) is 1. The maximum Gasteiger partial charge on any atom is 0.330 e. The molecule has 0 spiro atoms. The predicted molar refractivity (Wildman–Crippen MR) is 132 cm³/mol. The van der Waals surface area contributed by atoms with Crippen molar-refractivity contribution in [3.05, 3.63) is 120 Å². The van der Waals surface area contributed by atoms with E-state index >= 15 is 0 Å². The lowest BCUT2D eigenvalue weighted by molar-refractivity contribution is 0.201. The summed E-state index contributed by atoms with van der Waals surface area (Å²) in [6.45, 7) is 2.81. The van der Waals surface area contributed by atoms with E-state index in [4.69, 9.17) is 4.74 Å². The molecule has 3 aromatic carbocycles. The Morgan fingerprint density at radius 3 is 2.18 bits per heavy atom. The summed E-state index contributed by atoms with van der Waals surface area (Å²) in [5.74, 6) is 1.37. The molecule has 5 heteroatoms. The molecule has 0 aliphatic carbocycles. The molecule has 0 N–H and O–H groups in total. The van der Waals surface area contributed by atoms with Crippen LogP contribution >= 0.6 is 0 Å². The standard InChI is InChI=1S/C28H27N3O2/c1-22-12-11-19-29-27(22)31(25-16-7-4-8-17-25)28(32)30(20-23-13-5-3-6-14-23)21-24-15-9-10-18-26(24)33-2/h3-19H,20-21H2,1-2H3. The van der Waals surface area contributed by atoms with E-state index < -0.39 is 0 Å². The third-order valence-electron chi connectivity index (χ3n) is 5.44. The normalized spacial score (nSPS) is 10.5. The number of amides is 2. The van der Waals surface area contributed by atoms with E-state index in [1.54, 1.807) is 18.2 Å². The highest BCUT2D eigenvalue weighted by Gasteiger charge is 2.27. The zero-order valence-corrected chi connectivity index (χ0v) is 18.9. The van der Waals surface area contributed by atoms with E-state index in [-0.39, 0.29) is 6.03 Å². The molecule has 1 aromatic heterocycles. The Labute approximate surface area is 194 Å². The summed E-state index contributed by atoms with van der Waals surface area (Å²) < 4.78 is 5.56. The fraction of sp³-hybridized carbons (Fsp3) is 0.143. The van der Waals surface area contributed by atoms with Gasteiger partial charge in [0.1, 0.15) is 11.6 Å². The number of hydrogen-bond donors (Lipinski definition) is 0. The van der Waals surface area contributed by atoms with Gasteiger partial charge in [0.05, 0.1) is 19.3 Å². The van der Waals surface area contributed by atoms with Crippen LogP contribution in [0.15, 0.2) is 103 Å². The van der Waals surface area contributed by atoms with Gasteiger partial charge in [-0.05, 0) is 42.3 Å². The summed E-state index contributed by atoms with van der Waals surface area (Å²) in [4.78, 5) is 22.3. The van der Waals surface area contributed by atoms with Gasteiger partial charge >= 0.3 is 6.03 Å². The van der Waals surface area contributed by atoms with Crippen molar-refractivity contribution in [2.24, 2.45) is 0 Å². The van der Waals surface area contributed by atoms with Crippen molar-refractivity contribution < 1.29 is 9.53 Å². The maximum atomic E-state index is 14.2. The monoisotopic (exact) mass is 437 g/mol. The molecule has 4 aromatic rings. The number of aryl methyl sites for hydroxylation is 1. The van der Waals surface area contributed by atoms with Gasteiger partial charge in [-0.25, -0.2) is 14.7 Å². The molecule has 0 saturated heterocycles. The highest BCUT2D eigenvalue weighted by molar-refractivity contribution is 5.99. The number of rotatable bonds is 7. The Bertz CT molecular complexity index is 1200. The molecule has 0 radical (unpaired) electrons. The lowest BCUT2D eigenvalue weighted by Gasteiger charge is -2.31. The first-order chi connectivity index (χ1) is 16.2. The van der Waals surface area contributed by atoms with Crippen molar-refractivity contribution in [2.75, 3.05) is 12.0 Å². The van der Waals surface area contributed by atoms with Crippen molar-refractivity contribution in [3.63, 3.8) is 0 Å². The van der Waals surface area contributed by atoms with E-state index in [2.05, 4.69) is 4.98 Å². The molecular weight excluding hydrogens is 410 g/mol. The van der Waals surface area contributed by atoms with E-state index in [1.165, 1.54) is 0 Å². The van der Waals surface area contributed by atoms with Gasteiger partial charge in [-0.3, -0.25) is 0 Å². The third-order valence-corrected chi connectivity index (χ3v) is 5.44. The SMILES string of the molecule is COc1ccccc1CN(Cc1ccccc1)C(=O)N(c1ccccc1)c1ncccc1C. The number of carbonyl (C=O) groups is 1. The molecular formula is C28H27N3O2. The van der Waals surface area contributed by atoms with Crippen LogP contribution < -0.4 is 9.64 Å². The molecule has 0 aliphatic heterocycles. The van der Waals surface area contributed by atoms with Crippen LogP contribution in [0, 0.1) is 6.92 Å². The van der Waals surface area contributed by atoms with E-state index in [9.17, 15) is 4.79 Å². The zero-order chi connectivity index (χ0) is 23.0. The molecule has 5 nitrogen and oxygen atoms in total. The molecule has 4 rings (SSSR count). The molecule has 0 unspecified atom stereocenters. The van der Waals surface area contributed by atoms with Crippen LogP contribution in [0.2, 0.25) is 0 Å². The minimum Gasteiger partial charge on any atom is -0.496 e. The van der Waals surface area contributed by atoms with E-state index in [0.717, 1.165) is 28.1 Å². The van der Waals surface area contributed by atoms with Crippen molar-refractivity contribution in [2.45, 2.75) is 20.0 Å². The van der Waals surface area contributed by atoms with E-state index in [0.29, 0.717) is 18.9 Å². The minimum absolute atomic E-state index is 0.155. The van der Waals surface area contributed by atoms with E-state index in [1.807, 2.05) is 109 Å². The largest absolute Gasteiger partial charge is 0.496 e. The summed E-state index contributed by atoms with van der Waals surface area (Å²) in [5.41, 5.74) is 3.68. The number of benzene rings is 3. The number of hydrogen-bond acceptors (Lipinski definition) is 3. The Balaban J connectivity index is 1.77. The topological polar surface area (TPSA) is 45.7 Å². The number of aromatic nitrogens is 1. The van der Waals surface area contributed by atoms with Crippen molar-refractivity contribution in [1.82, 2.24) is 9.88 Å². The Kier molecular flexibility index (Phi) is 7.00. The van der Waals surface area contributed by atoms with Crippen LogP contribution in [-0.4, -0.2) is 23.0 Å². The quantitative estimate of drug-likeness (QED) is 0.338. The first-order valence-corrected chi connectivity index (χ1v) is 10.9. The first-order valence-electron chi connectivity index (χ1n) is 10.9. The summed E-state index contributed by atoms with van der Waals surface area (Å²) in [6, 6.07) is 31.1. The van der Waals surface area contributed by atoms with Crippen molar-refractivity contribution in [1.29, 1.82) is 0 Å². The summed E-state index contributed by atoms with van der Waals surface area (Å²) in [6.07, 6.45) is 1.72. The smallest absolute Gasteiger partial charge is 0.330 e. The number of para-hydroxylation sites is 2. The predicted octanol–water partition coefficient (Wildman–Crippen LogP) is 6.36. The average Bonchev–Trinajstić information content (AvgIpc) is 2.86. The van der Waals surface area contributed by atoms with Crippen LogP contribution in [0.3, 0.4) is 0 Å². The number of urea groups is 1. The number of pyridine rings is 1. The van der Waals surface area contributed by atoms with Crippen LogP contribution in [-0.2, 0) is 13.1 Å². The first kappa shape index (κ1) is 22.1. The Morgan fingerprint density at radius 2 is 1.48 bits per heavy atom. The van der Waals surface area contributed by atoms with Gasteiger partial charge in [0.2, 0.25) is 0 Å². The van der Waals surface area contributed by atoms with Gasteiger partial charge in [0.15, 0.2) is 0 Å². The van der Waals surface area contributed by atoms with Crippen LogP contribution in [0.25, 0.3) is 0 Å². The van der Waals surface area contributed by atoms with Gasteiger partial charge in [0.25, 0.3) is 0 Å². The van der Waals surface area contributed by atoms with Crippen LogP contribution in [0.1, 0.15) is 16.7 Å². The van der Waals surface area contributed by atoms with Crippen LogP contribution in [0.5, 0.6) is 5.75 Å².